The number of hydrogen-bond acceptors (Lipinski definition) is 4. The monoisotopic (exact) mass is 205 g/mol. The van der Waals surface area contributed by atoms with E-state index in [0.29, 0.717) is 0 Å². The van der Waals surface area contributed by atoms with Crippen LogP contribution in [0.25, 0.3) is 0 Å². The van der Waals surface area contributed by atoms with Crippen LogP contribution < -0.4 is 0 Å². The van der Waals surface area contributed by atoms with E-state index in [-0.39, 0.29) is 5.92 Å². The second-order valence-electron chi connectivity index (χ2n) is 4.04. The van der Waals surface area contributed by atoms with Gasteiger partial charge < -0.3 is 4.42 Å². The maximum Gasteiger partial charge on any atom is 0.181 e. The fourth-order valence-corrected chi connectivity index (χ4v) is 1.90. The van der Waals surface area contributed by atoms with Crippen molar-refractivity contribution in [3.8, 4) is 6.07 Å². The molecule has 0 aromatic carbocycles. The van der Waals surface area contributed by atoms with Crippen molar-refractivity contribution in [1.82, 2.24) is 9.88 Å². The lowest BCUT2D eigenvalue weighted by molar-refractivity contribution is 0.184. The second-order valence-corrected chi connectivity index (χ2v) is 4.04. The molecule has 4 nitrogen and oxygen atoms in total. The molecule has 0 bridgehead atoms. The van der Waals surface area contributed by atoms with Gasteiger partial charge in [0.2, 0.25) is 0 Å². The predicted molar refractivity (Wildman–Crippen MR) is 54.9 cm³/mol. The van der Waals surface area contributed by atoms with E-state index in [1.807, 2.05) is 6.92 Å². The average molecular weight is 205 g/mol. The fourth-order valence-electron chi connectivity index (χ4n) is 1.90. The van der Waals surface area contributed by atoms with Gasteiger partial charge in [-0.25, -0.2) is 4.98 Å². The van der Waals surface area contributed by atoms with Crippen LogP contribution in [0.5, 0.6) is 0 Å². The number of hydrogen-bond donors (Lipinski definition) is 0. The molecule has 2 rings (SSSR count). The van der Waals surface area contributed by atoms with Crippen LogP contribution in [0, 0.1) is 24.2 Å². The highest BCUT2D eigenvalue weighted by Crippen LogP contribution is 2.18. The molecule has 80 valence electrons. The largest absolute Gasteiger partial charge is 0.447 e. The van der Waals surface area contributed by atoms with Crippen LogP contribution in [0.1, 0.15) is 24.3 Å². The average Bonchev–Trinajstić information content (AvgIpc) is 2.66. The number of aromatic nitrogens is 1. The van der Waals surface area contributed by atoms with Crippen molar-refractivity contribution >= 4 is 0 Å². The number of oxazole rings is 1. The van der Waals surface area contributed by atoms with Crippen LogP contribution in [-0.4, -0.2) is 23.0 Å². The third-order valence-corrected chi connectivity index (χ3v) is 2.98. The summed E-state index contributed by atoms with van der Waals surface area (Å²) < 4.78 is 5.30. The van der Waals surface area contributed by atoms with Crippen molar-refractivity contribution in [3.63, 3.8) is 0 Å². The predicted octanol–water partition coefficient (Wildman–Crippen LogP) is 1.72. The fraction of sp³-hybridized carbons (Fsp3) is 0.636. The lowest BCUT2D eigenvalue weighted by Gasteiger charge is -2.28. The van der Waals surface area contributed by atoms with Gasteiger partial charge in [-0.3, -0.25) is 4.90 Å². The van der Waals surface area contributed by atoms with Gasteiger partial charge in [-0.1, -0.05) is 0 Å². The summed E-state index contributed by atoms with van der Waals surface area (Å²) in [5.74, 6) is 1.20. The number of aryl methyl sites for hydroxylation is 1. The van der Waals surface area contributed by atoms with Crippen molar-refractivity contribution < 1.29 is 4.42 Å². The first-order valence-electron chi connectivity index (χ1n) is 5.30. The lowest BCUT2D eigenvalue weighted by atomic mass is 9.98. The van der Waals surface area contributed by atoms with Gasteiger partial charge in [-0.05, 0) is 32.9 Å². The summed E-state index contributed by atoms with van der Waals surface area (Å²) in [4.78, 5) is 6.39. The molecule has 2 heterocycles. The number of nitrogens with zero attached hydrogens (tertiary/aromatic N) is 3. The van der Waals surface area contributed by atoms with Gasteiger partial charge in [-0.2, -0.15) is 5.26 Å². The van der Waals surface area contributed by atoms with E-state index in [2.05, 4.69) is 16.0 Å². The first-order chi connectivity index (χ1) is 7.29. The van der Waals surface area contributed by atoms with E-state index in [1.165, 1.54) is 6.39 Å². The van der Waals surface area contributed by atoms with Gasteiger partial charge >= 0.3 is 0 Å². The zero-order valence-corrected chi connectivity index (χ0v) is 8.94. The van der Waals surface area contributed by atoms with Gasteiger partial charge in [0.15, 0.2) is 6.39 Å². The molecule has 0 spiro atoms. The Morgan fingerprint density at radius 2 is 2.33 bits per heavy atom. The SMILES string of the molecule is Cc1ncoc1CN1CCC(C#N)CC1. The molecule has 1 aromatic heterocycles. The molecule has 1 aliphatic rings. The summed E-state index contributed by atoms with van der Waals surface area (Å²) in [7, 11) is 0. The molecule has 1 aromatic rings. The standard InChI is InChI=1S/C11H15N3O/c1-9-11(15-8-13-9)7-14-4-2-10(6-12)3-5-14/h8,10H,2-5,7H2,1H3. The Hall–Kier alpha value is -1.34. The summed E-state index contributed by atoms with van der Waals surface area (Å²) in [5.41, 5.74) is 0.970. The van der Waals surface area contributed by atoms with Crippen molar-refractivity contribution in [2.24, 2.45) is 5.92 Å². The summed E-state index contributed by atoms with van der Waals surface area (Å²) in [6.45, 7) is 4.75. The van der Waals surface area contributed by atoms with Crippen LogP contribution in [0.3, 0.4) is 0 Å². The molecule has 0 N–H and O–H groups in total. The first-order valence-corrected chi connectivity index (χ1v) is 5.30. The highest BCUT2D eigenvalue weighted by atomic mass is 16.3. The topological polar surface area (TPSA) is 53.1 Å². The van der Waals surface area contributed by atoms with Gasteiger partial charge in [0, 0.05) is 5.92 Å². The van der Waals surface area contributed by atoms with Gasteiger partial charge in [0.05, 0.1) is 18.3 Å². The Labute approximate surface area is 89.5 Å². The van der Waals surface area contributed by atoms with Crippen LogP contribution in [-0.2, 0) is 6.54 Å². The number of piperidine rings is 1. The van der Waals surface area contributed by atoms with Gasteiger partial charge in [-0.15, -0.1) is 0 Å². The number of likely N-dealkylation sites (tertiary alicyclic amines) is 1. The normalized spacial score (nSPS) is 18.9. The molecule has 0 atom stereocenters. The molecule has 0 amide bonds. The van der Waals surface area contributed by atoms with Crippen LogP contribution >= 0.6 is 0 Å². The van der Waals surface area contributed by atoms with Crippen molar-refractivity contribution in [2.75, 3.05) is 13.1 Å². The zero-order valence-electron chi connectivity index (χ0n) is 8.94. The van der Waals surface area contributed by atoms with Crippen molar-refractivity contribution in [2.45, 2.75) is 26.3 Å². The smallest absolute Gasteiger partial charge is 0.181 e. The quantitative estimate of drug-likeness (QED) is 0.737. The Kier molecular flexibility index (Phi) is 3.02. The van der Waals surface area contributed by atoms with E-state index < -0.39 is 0 Å². The minimum atomic E-state index is 0.247. The second kappa shape index (κ2) is 4.45. The Bertz CT molecular complexity index is 358. The molecule has 1 fully saturated rings. The number of nitriles is 1. The molecule has 0 radical (unpaired) electrons. The molecule has 15 heavy (non-hydrogen) atoms. The van der Waals surface area contributed by atoms with E-state index in [0.717, 1.165) is 43.9 Å². The van der Waals surface area contributed by atoms with E-state index in [9.17, 15) is 0 Å². The maximum absolute atomic E-state index is 8.78. The highest BCUT2D eigenvalue weighted by Gasteiger charge is 2.20. The van der Waals surface area contributed by atoms with E-state index >= 15 is 0 Å². The molecule has 0 unspecified atom stereocenters. The Morgan fingerprint density at radius 3 is 2.87 bits per heavy atom. The summed E-state index contributed by atoms with van der Waals surface area (Å²) in [6, 6.07) is 2.33. The molecule has 4 heteroatoms. The first kappa shape index (κ1) is 10.2. The van der Waals surface area contributed by atoms with Crippen molar-refractivity contribution in [3.05, 3.63) is 17.8 Å². The molecule has 0 aliphatic carbocycles. The Morgan fingerprint density at radius 1 is 1.60 bits per heavy atom. The molecule has 1 saturated heterocycles. The zero-order chi connectivity index (χ0) is 10.7. The van der Waals surface area contributed by atoms with Crippen LogP contribution in [0.15, 0.2) is 10.8 Å². The molecular formula is C11H15N3O. The van der Waals surface area contributed by atoms with Gasteiger partial charge in [0.1, 0.15) is 5.76 Å². The summed E-state index contributed by atoms with van der Waals surface area (Å²) >= 11 is 0. The molecule has 0 saturated carbocycles. The minimum absolute atomic E-state index is 0.247. The van der Waals surface area contributed by atoms with Crippen LogP contribution in [0.4, 0.5) is 0 Å². The van der Waals surface area contributed by atoms with E-state index in [4.69, 9.17) is 9.68 Å². The third kappa shape index (κ3) is 2.37. The maximum atomic E-state index is 8.78. The minimum Gasteiger partial charge on any atom is -0.447 e. The van der Waals surface area contributed by atoms with Crippen LogP contribution in [0.2, 0.25) is 0 Å². The highest BCUT2D eigenvalue weighted by molar-refractivity contribution is 5.04. The number of rotatable bonds is 2. The molecule has 1 aliphatic heterocycles. The van der Waals surface area contributed by atoms with E-state index in [1.54, 1.807) is 0 Å². The lowest BCUT2D eigenvalue weighted by Crippen LogP contribution is -2.32. The molecular weight excluding hydrogens is 190 g/mol. The summed E-state index contributed by atoms with van der Waals surface area (Å²) in [5, 5.41) is 8.78. The van der Waals surface area contributed by atoms with Gasteiger partial charge in [0.25, 0.3) is 0 Å². The Balaban J connectivity index is 1.88. The summed E-state index contributed by atoms with van der Waals surface area (Å²) in [6.07, 6.45) is 3.44. The third-order valence-electron chi connectivity index (χ3n) is 2.98. The van der Waals surface area contributed by atoms with Crippen molar-refractivity contribution in [1.29, 1.82) is 5.26 Å².